The molecule has 9 heteroatoms. The molecule has 0 unspecified atom stereocenters. The van der Waals surface area contributed by atoms with Crippen molar-refractivity contribution in [2.24, 2.45) is 0 Å². The van der Waals surface area contributed by atoms with E-state index >= 15 is 0 Å². The quantitative estimate of drug-likeness (QED) is 0.713. The predicted molar refractivity (Wildman–Crippen MR) is 100 cm³/mol. The van der Waals surface area contributed by atoms with Crippen LogP contribution < -0.4 is 15.4 Å². The number of carbonyl (C=O) groups is 3. The molecule has 27 heavy (non-hydrogen) atoms. The van der Waals surface area contributed by atoms with E-state index in [1.165, 1.54) is 13.1 Å². The van der Waals surface area contributed by atoms with Crippen LogP contribution >= 0.6 is 23.2 Å². The van der Waals surface area contributed by atoms with Crippen LogP contribution in [0.3, 0.4) is 0 Å². The van der Waals surface area contributed by atoms with Gasteiger partial charge in [0.15, 0.2) is 6.61 Å². The van der Waals surface area contributed by atoms with Gasteiger partial charge in [-0.3, -0.25) is 10.1 Å². The first-order valence-corrected chi connectivity index (χ1v) is 8.50. The van der Waals surface area contributed by atoms with Crippen molar-refractivity contribution in [3.63, 3.8) is 0 Å². The molecular formula is C18H16Cl2N2O5. The molecule has 0 spiro atoms. The molecule has 0 aliphatic rings. The van der Waals surface area contributed by atoms with Crippen molar-refractivity contribution < 1.29 is 23.9 Å². The Hall–Kier alpha value is -2.77. The Bertz CT molecular complexity index is 857. The summed E-state index contributed by atoms with van der Waals surface area (Å²) in [5.41, 5.74) is 0.824. The Balaban J connectivity index is 2.00. The van der Waals surface area contributed by atoms with Gasteiger partial charge in [-0.1, -0.05) is 41.4 Å². The molecule has 0 radical (unpaired) electrons. The van der Waals surface area contributed by atoms with E-state index in [4.69, 9.17) is 32.7 Å². The van der Waals surface area contributed by atoms with E-state index in [0.717, 1.165) is 0 Å². The van der Waals surface area contributed by atoms with E-state index in [1.54, 1.807) is 36.4 Å². The number of nitrogens with one attached hydrogen (secondary N) is 2. The molecule has 2 rings (SSSR count). The molecule has 2 aromatic rings. The summed E-state index contributed by atoms with van der Waals surface area (Å²) < 4.78 is 10.6. The zero-order valence-electron chi connectivity index (χ0n) is 14.3. The Morgan fingerprint density at radius 2 is 1.81 bits per heavy atom. The van der Waals surface area contributed by atoms with E-state index in [0.29, 0.717) is 15.6 Å². The Morgan fingerprint density at radius 3 is 2.52 bits per heavy atom. The number of carbonyl (C=O) groups excluding carboxylic acids is 3. The van der Waals surface area contributed by atoms with Crippen molar-refractivity contribution in [2.45, 2.75) is 6.61 Å². The van der Waals surface area contributed by atoms with Crippen molar-refractivity contribution in [3.8, 4) is 5.75 Å². The summed E-state index contributed by atoms with van der Waals surface area (Å²) in [7, 11) is 1.36. The van der Waals surface area contributed by atoms with Gasteiger partial charge in [0, 0.05) is 22.7 Å². The lowest BCUT2D eigenvalue weighted by molar-refractivity contribution is -0.123. The summed E-state index contributed by atoms with van der Waals surface area (Å²) in [5.74, 6) is -1.26. The summed E-state index contributed by atoms with van der Waals surface area (Å²) in [6, 6.07) is 10.7. The van der Waals surface area contributed by atoms with Crippen LogP contribution in [0.15, 0.2) is 42.5 Å². The average molecular weight is 411 g/mol. The molecule has 0 fully saturated rings. The number of amides is 3. The molecular weight excluding hydrogens is 395 g/mol. The van der Waals surface area contributed by atoms with Crippen molar-refractivity contribution in [1.82, 2.24) is 10.6 Å². The first-order chi connectivity index (χ1) is 12.9. The Labute approximate surface area is 165 Å². The van der Waals surface area contributed by atoms with E-state index in [-0.39, 0.29) is 17.9 Å². The van der Waals surface area contributed by atoms with Crippen LogP contribution in [-0.4, -0.2) is 31.6 Å². The Morgan fingerprint density at radius 1 is 1.07 bits per heavy atom. The van der Waals surface area contributed by atoms with Crippen LogP contribution in [-0.2, 0) is 16.1 Å². The van der Waals surface area contributed by atoms with Crippen molar-refractivity contribution >= 4 is 41.1 Å². The minimum absolute atomic E-state index is 0.109. The number of benzene rings is 2. The number of para-hydroxylation sites is 1. The van der Waals surface area contributed by atoms with E-state index in [1.807, 2.05) is 5.32 Å². The Kier molecular flexibility index (Phi) is 7.45. The number of halogens is 2. The van der Waals surface area contributed by atoms with Crippen LogP contribution in [0.1, 0.15) is 15.9 Å². The third kappa shape index (κ3) is 6.16. The maximum Gasteiger partial charge on any atom is 0.342 e. The fourth-order valence-electron chi connectivity index (χ4n) is 1.99. The number of hydrogen-bond acceptors (Lipinski definition) is 5. The number of ether oxygens (including phenoxy) is 2. The first-order valence-electron chi connectivity index (χ1n) is 7.75. The fourth-order valence-corrected chi connectivity index (χ4v) is 2.45. The highest BCUT2D eigenvalue weighted by Gasteiger charge is 2.16. The lowest BCUT2D eigenvalue weighted by Gasteiger charge is -2.12. The molecule has 0 heterocycles. The highest BCUT2D eigenvalue weighted by molar-refractivity contribution is 6.35. The molecule has 142 valence electrons. The SMILES string of the molecule is CNC(=O)NC(=O)COC(=O)c1ccccc1OCc1ccc(Cl)cc1Cl. The molecule has 0 saturated carbocycles. The second-order valence-electron chi connectivity index (χ2n) is 5.22. The van der Waals surface area contributed by atoms with E-state index < -0.39 is 24.5 Å². The molecule has 0 bridgehead atoms. The molecule has 0 saturated heterocycles. The summed E-state index contributed by atoms with van der Waals surface area (Å²) in [6.07, 6.45) is 0. The summed E-state index contributed by atoms with van der Waals surface area (Å²) in [4.78, 5) is 34.8. The molecule has 2 aromatic carbocycles. The van der Waals surface area contributed by atoms with Crippen LogP contribution in [0.4, 0.5) is 4.79 Å². The largest absolute Gasteiger partial charge is 0.488 e. The lowest BCUT2D eigenvalue weighted by atomic mass is 10.2. The van der Waals surface area contributed by atoms with Gasteiger partial charge in [0.1, 0.15) is 17.9 Å². The summed E-state index contributed by atoms with van der Waals surface area (Å²) >= 11 is 12.0. The van der Waals surface area contributed by atoms with Crippen molar-refractivity contribution in [3.05, 3.63) is 63.6 Å². The number of hydrogen-bond donors (Lipinski definition) is 2. The van der Waals surface area contributed by atoms with Gasteiger partial charge in [0.2, 0.25) is 0 Å². The van der Waals surface area contributed by atoms with E-state index in [9.17, 15) is 14.4 Å². The number of esters is 1. The van der Waals surface area contributed by atoms with Crippen LogP contribution in [0.25, 0.3) is 0 Å². The van der Waals surface area contributed by atoms with Gasteiger partial charge >= 0.3 is 12.0 Å². The zero-order chi connectivity index (χ0) is 19.8. The minimum Gasteiger partial charge on any atom is -0.488 e. The summed E-state index contributed by atoms with van der Waals surface area (Å²) in [5, 5.41) is 5.14. The van der Waals surface area contributed by atoms with Gasteiger partial charge in [-0.15, -0.1) is 0 Å². The monoisotopic (exact) mass is 410 g/mol. The van der Waals surface area contributed by atoms with Gasteiger partial charge in [-0.05, 0) is 24.3 Å². The predicted octanol–water partition coefficient (Wildman–Crippen LogP) is 3.18. The molecule has 0 aliphatic carbocycles. The van der Waals surface area contributed by atoms with Crippen molar-refractivity contribution in [2.75, 3.05) is 13.7 Å². The second-order valence-corrected chi connectivity index (χ2v) is 6.07. The molecule has 0 aliphatic heterocycles. The molecule has 0 aromatic heterocycles. The topological polar surface area (TPSA) is 93.7 Å². The van der Waals surface area contributed by atoms with E-state index in [2.05, 4.69) is 5.32 Å². The molecule has 0 atom stereocenters. The molecule has 3 amide bonds. The first kappa shape index (κ1) is 20.5. The number of rotatable bonds is 6. The standard InChI is InChI=1S/C18H16Cl2N2O5/c1-21-18(25)22-16(23)10-27-17(24)13-4-2-3-5-15(13)26-9-11-6-7-12(19)8-14(11)20/h2-8H,9-10H2,1H3,(H2,21,22,23,25). The second kappa shape index (κ2) is 9.80. The summed E-state index contributed by atoms with van der Waals surface area (Å²) in [6.45, 7) is -0.499. The van der Waals surface area contributed by atoms with Gasteiger partial charge < -0.3 is 14.8 Å². The number of urea groups is 1. The molecule has 2 N–H and O–H groups in total. The van der Waals surface area contributed by atoms with Crippen molar-refractivity contribution in [1.29, 1.82) is 0 Å². The maximum absolute atomic E-state index is 12.2. The number of imide groups is 1. The van der Waals surface area contributed by atoms with Crippen LogP contribution in [0.5, 0.6) is 5.75 Å². The highest BCUT2D eigenvalue weighted by Crippen LogP contribution is 2.24. The minimum atomic E-state index is -0.764. The maximum atomic E-state index is 12.2. The fraction of sp³-hybridized carbons (Fsp3) is 0.167. The van der Waals surface area contributed by atoms with Gasteiger partial charge in [0.25, 0.3) is 5.91 Å². The third-order valence-corrected chi connectivity index (χ3v) is 3.91. The van der Waals surface area contributed by atoms with Gasteiger partial charge in [-0.2, -0.15) is 0 Å². The van der Waals surface area contributed by atoms with Gasteiger partial charge in [-0.25, -0.2) is 9.59 Å². The smallest absolute Gasteiger partial charge is 0.342 e. The average Bonchev–Trinajstić information content (AvgIpc) is 2.65. The zero-order valence-corrected chi connectivity index (χ0v) is 15.8. The lowest BCUT2D eigenvalue weighted by Crippen LogP contribution is -2.39. The highest BCUT2D eigenvalue weighted by atomic mass is 35.5. The van der Waals surface area contributed by atoms with Crippen LogP contribution in [0.2, 0.25) is 10.0 Å². The van der Waals surface area contributed by atoms with Crippen LogP contribution in [0, 0.1) is 0 Å². The van der Waals surface area contributed by atoms with Gasteiger partial charge in [0.05, 0.1) is 0 Å². The normalized spacial score (nSPS) is 10.0. The third-order valence-electron chi connectivity index (χ3n) is 3.32. The molecule has 7 nitrogen and oxygen atoms in total.